The fraction of sp³-hybridized carbons (Fsp3) is 0.667. The fourth-order valence-electron chi connectivity index (χ4n) is 2.59. The summed E-state index contributed by atoms with van der Waals surface area (Å²) in [6.45, 7) is 2.21. The predicted molar refractivity (Wildman–Crippen MR) is 101 cm³/mol. The Morgan fingerprint density at radius 1 is 1.12 bits per heavy atom. The molecule has 0 aromatic heterocycles. The molecule has 4 nitrogen and oxygen atoms in total. The van der Waals surface area contributed by atoms with E-state index in [0.717, 1.165) is 32.1 Å². The first kappa shape index (κ1) is 21.7. The standard InChI is InChI=1S/C21H34O4/c1-3-4-5-6-10-13-16-19-21(25-19)18(22)15-12-9-7-8-11-14-17-20(23)24-2/h7-8,10,12-13,15,18-19,21-22H,3-6,9,11,14,16-17H2,1-2H3/b8-7-,13-10-,15-12-/t18?,19-,21-/m1/s1. The number of ether oxygens (including phenoxy) is 2. The Kier molecular flexibility index (Phi) is 12.0. The average Bonchev–Trinajstić information content (AvgIpc) is 3.39. The van der Waals surface area contributed by atoms with Crippen LogP contribution >= 0.6 is 0 Å². The van der Waals surface area contributed by atoms with E-state index in [9.17, 15) is 9.90 Å². The van der Waals surface area contributed by atoms with Crippen LogP contribution in [0.25, 0.3) is 0 Å². The van der Waals surface area contributed by atoms with Gasteiger partial charge in [-0.2, -0.15) is 0 Å². The van der Waals surface area contributed by atoms with E-state index in [4.69, 9.17) is 4.74 Å². The van der Waals surface area contributed by atoms with Gasteiger partial charge in [0.15, 0.2) is 0 Å². The third-order valence-corrected chi connectivity index (χ3v) is 4.22. The second-order valence-corrected chi connectivity index (χ2v) is 6.44. The van der Waals surface area contributed by atoms with E-state index in [1.807, 2.05) is 18.2 Å². The molecule has 1 heterocycles. The molecule has 1 aliphatic rings. The molecule has 0 aliphatic carbocycles. The van der Waals surface area contributed by atoms with Crippen molar-refractivity contribution in [2.45, 2.75) is 83.0 Å². The van der Waals surface area contributed by atoms with Gasteiger partial charge in [-0.25, -0.2) is 0 Å². The SMILES string of the molecule is CCCCC/C=C\C[C@H]1O[C@@H]1C(O)/C=C\C/C=C\CCCC(=O)OC. The Labute approximate surface area is 152 Å². The van der Waals surface area contributed by atoms with Gasteiger partial charge < -0.3 is 14.6 Å². The second kappa shape index (κ2) is 13.9. The lowest BCUT2D eigenvalue weighted by Crippen LogP contribution is -2.13. The average molecular weight is 350 g/mol. The number of unbranched alkanes of at least 4 members (excludes halogenated alkanes) is 4. The summed E-state index contributed by atoms with van der Waals surface area (Å²) in [4.78, 5) is 10.9. The normalized spacial score (nSPS) is 21.4. The van der Waals surface area contributed by atoms with Crippen LogP contribution in [0.4, 0.5) is 0 Å². The van der Waals surface area contributed by atoms with Gasteiger partial charge in [0.25, 0.3) is 0 Å². The first-order valence-corrected chi connectivity index (χ1v) is 9.56. The lowest BCUT2D eigenvalue weighted by Gasteiger charge is -1.99. The molecule has 3 atom stereocenters. The highest BCUT2D eigenvalue weighted by Crippen LogP contribution is 2.29. The summed E-state index contributed by atoms with van der Waals surface area (Å²) in [5, 5.41) is 10.0. The minimum atomic E-state index is -0.522. The number of methoxy groups -OCH3 is 1. The molecule has 1 aliphatic heterocycles. The second-order valence-electron chi connectivity index (χ2n) is 6.44. The summed E-state index contributed by atoms with van der Waals surface area (Å²) in [7, 11) is 1.41. The summed E-state index contributed by atoms with van der Waals surface area (Å²) in [5.41, 5.74) is 0. The van der Waals surface area contributed by atoms with E-state index in [0.29, 0.717) is 6.42 Å². The zero-order valence-corrected chi connectivity index (χ0v) is 15.7. The zero-order valence-electron chi connectivity index (χ0n) is 15.7. The van der Waals surface area contributed by atoms with E-state index >= 15 is 0 Å². The minimum Gasteiger partial charge on any atom is -0.469 e. The molecule has 1 rings (SSSR count). The van der Waals surface area contributed by atoms with Crippen LogP contribution < -0.4 is 0 Å². The van der Waals surface area contributed by atoms with Gasteiger partial charge in [0.1, 0.15) is 12.2 Å². The monoisotopic (exact) mass is 350 g/mol. The summed E-state index contributed by atoms with van der Waals surface area (Å²) in [6.07, 6.45) is 20.6. The molecule has 1 N–H and O–H groups in total. The maximum Gasteiger partial charge on any atom is 0.305 e. The van der Waals surface area contributed by atoms with Crippen molar-refractivity contribution >= 4 is 5.97 Å². The largest absolute Gasteiger partial charge is 0.469 e. The number of aliphatic hydroxyl groups excluding tert-OH is 1. The van der Waals surface area contributed by atoms with E-state index in [1.165, 1.54) is 26.4 Å². The fourth-order valence-corrected chi connectivity index (χ4v) is 2.59. The Balaban J connectivity index is 2.04. The van der Waals surface area contributed by atoms with Crippen molar-refractivity contribution in [1.29, 1.82) is 0 Å². The number of carbonyl (C=O) groups excluding carboxylic acids is 1. The minimum absolute atomic E-state index is 0.0550. The smallest absolute Gasteiger partial charge is 0.305 e. The topological polar surface area (TPSA) is 59.1 Å². The molecule has 1 fully saturated rings. The van der Waals surface area contributed by atoms with Gasteiger partial charge in [-0.3, -0.25) is 4.79 Å². The molecule has 142 valence electrons. The van der Waals surface area contributed by atoms with Crippen LogP contribution in [0.15, 0.2) is 36.5 Å². The highest BCUT2D eigenvalue weighted by molar-refractivity contribution is 5.69. The Morgan fingerprint density at radius 2 is 1.88 bits per heavy atom. The maximum absolute atomic E-state index is 10.9. The van der Waals surface area contributed by atoms with Gasteiger partial charge in [-0.05, 0) is 38.5 Å². The van der Waals surface area contributed by atoms with Crippen molar-refractivity contribution < 1.29 is 19.4 Å². The lowest BCUT2D eigenvalue weighted by atomic mass is 10.1. The van der Waals surface area contributed by atoms with Gasteiger partial charge in [0, 0.05) is 6.42 Å². The number of rotatable bonds is 14. The molecule has 0 aromatic carbocycles. The van der Waals surface area contributed by atoms with Gasteiger partial charge in [0.2, 0.25) is 0 Å². The third-order valence-electron chi connectivity index (χ3n) is 4.22. The third kappa shape index (κ3) is 11.0. The Morgan fingerprint density at radius 3 is 2.64 bits per heavy atom. The number of hydrogen-bond acceptors (Lipinski definition) is 4. The van der Waals surface area contributed by atoms with Crippen molar-refractivity contribution in [1.82, 2.24) is 0 Å². The molecular formula is C21H34O4. The Bertz CT molecular complexity index is 439. The molecule has 1 unspecified atom stereocenters. The number of aliphatic hydroxyl groups is 1. The van der Waals surface area contributed by atoms with Crippen LogP contribution in [0.5, 0.6) is 0 Å². The molecule has 0 amide bonds. The van der Waals surface area contributed by atoms with Gasteiger partial charge >= 0.3 is 5.97 Å². The van der Waals surface area contributed by atoms with Crippen molar-refractivity contribution in [3.05, 3.63) is 36.5 Å². The molecule has 0 spiro atoms. The van der Waals surface area contributed by atoms with Crippen molar-refractivity contribution in [2.24, 2.45) is 0 Å². The highest BCUT2D eigenvalue weighted by atomic mass is 16.6. The maximum atomic E-state index is 10.9. The van der Waals surface area contributed by atoms with Crippen molar-refractivity contribution in [2.75, 3.05) is 7.11 Å². The van der Waals surface area contributed by atoms with E-state index in [2.05, 4.69) is 29.9 Å². The van der Waals surface area contributed by atoms with Crippen molar-refractivity contribution in [3.63, 3.8) is 0 Å². The van der Waals surface area contributed by atoms with Gasteiger partial charge in [-0.15, -0.1) is 0 Å². The predicted octanol–water partition coefficient (Wildman–Crippen LogP) is 4.49. The van der Waals surface area contributed by atoms with Crippen LogP contribution in [0, 0.1) is 0 Å². The molecule has 4 heteroatoms. The van der Waals surface area contributed by atoms with E-state index in [-0.39, 0.29) is 18.2 Å². The van der Waals surface area contributed by atoms with Crippen LogP contribution in [0.3, 0.4) is 0 Å². The molecule has 0 radical (unpaired) electrons. The number of esters is 1. The molecule has 25 heavy (non-hydrogen) atoms. The number of epoxide rings is 1. The molecular weight excluding hydrogens is 316 g/mol. The Hall–Kier alpha value is -1.39. The van der Waals surface area contributed by atoms with E-state index in [1.54, 1.807) is 0 Å². The highest BCUT2D eigenvalue weighted by Gasteiger charge is 2.42. The first-order valence-electron chi connectivity index (χ1n) is 9.56. The summed E-state index contributed by atoms with van der Waals surface area (Å²) >= 11 is 0. The number of carbonyl (C=O) groups is 1. The summed E-state index contributed by atoms with van der Waals surface area (Å²) in [5.74, 6) is -0.161. The number of hydrogen-bond donors (Lipinski definition) is 1. The quantitative estimate of drug-likeness (QED) is 0.217. The van der Waals surface area contributed by atoms with Crippen LogP contribution in [-0.2, 0) is 14.3 Å². The van der Waals surface area contributed by atoms with Crippen LogP contribution in [-0.4, -0.2) is 36.5 Å². The van der Waals surface area contributed by atoms with Crippen molar-refractivity contribution in [3.8, 4) is 0 Å². The molecule has 1 saturated heterocycles. The zero-order chi connectivity index (χ0) is 18.3. The van der Waals surface area contributed by atoms with Gasteiger partial charge in [0.05, 0.1) is 13.2 Å². The molecule has 0 aromatic rings. The van der Waals surface area contributed by atoms with Gasteiger partial charge in [-0.1, -0.05) is 56.2 Å². The first-order chi connectivity index (χ1) is 12.2. The van der Waals surface area contributed by atoms with Crippen LogP contribution in [0.2, 0.25) is 0 Å². The summed E-state index contributed by atoms with van der Waals surface area (Å²) in [6, 6.07) is 0. The van der Waals surface area contributed by atoms with Crippen LogP contribution in [0.1, 0.15) is 64.7 Å². The lowest BCUT2D eigenvalue weighted by molar-refractivity contribution is -0.140. The molecule has 0 bridgehead atoms. The van der Waals surface area contributed by atoms with E-state index < -0.39 is 6.10 Å². The summed E-state index contributed by atoms with van der Waals surface area (Å²) < 4.78 is 10.1. The number of allylic oxidation sites excluding steroid dienone is 4. The molecule has 0 saturated carbocycles.